The highest BCUT2D eigenvalue weighted by Gasteiger charge is 2.06. The van der Waals surface area contributed by atoms with Crippen molar-refractivity contribution in [3.05, 3.63) is 30.6 Å². The summed E-state index contributed by atoms with van der Waals surface area (Å²) in [5.41, 5.74) is 6.60. The number of nitrogens with one attached hydrogen (secondary N) is 1. The fraction of sp³-hybridized carbons (Fsp3) is 0.357. The van der Waals surface area contributed by atoms with Crippen molar-refractivity contribution in [2.75, 3.05) is 36.7 Å². The maximum absolute atomic E-state index is 5.77. The molecule has 112 valence electrons. The van der Waals surface area contributed by atoms with E-state index in [9.17, 15) is 0 Å². The molecule has 1 atom stereocenters. The summed E-state index contributed by atoms with van der Waals surface area (Å²) in [6.45, 7) is 2.47. The molecule has 0 amide bonds. The van der Waals surface area contributed by atoms with Crippen LogP contribution in [0.3, 0.4) is 0 Å². The highest BCUT2D eigenvalue weighted by Crippen LogP contribution is 2.19. The molecular formula is C14H20N6O. The highest BCUT2D eigenvalue weighted by atomic mass is 16.5. The lowest BCUT2D eigenvalue weighted by Gasteiger charge is -2.17. The largest absolute Gasteiger partial charge is 0.491 e. The van der Waals surface area contributed by atoms with Gasteiger partial charge in [0.15, 0.2) is 0 Å². The predicted molar refractivity (Wildman–Crippen MR) is 83.6 cm³/mol. The first-order valence-corrected chi connectivity index (χ1v) is 6.66. The van der Waals surface area contributed by atoms with Crippen LogP contribution in [0.15, 0.2) is 30.6 Å². The minimum absolute atomic E-state index is 0.0369. The molecule has 3 N–H and O–H groups in total. The van der Waals surface area contributed by atoms with E-state index in [0.717, 1.165) is 11.4 Å². The molecule has 0 aliphatic heterocycles. The van der Waals surface area contributed by atoms with Crippen LogP contribution in [-0.4, -0.2) is 41.7 Å². The first-order chi connectivity index (χ1) is 10.0. The number of hydrogen-bond acceptors (Lipinski definition) is 7. The second-order valence-corrected chi connectivity index (χ2v) is 4.92. The number of rotatable bonds is 6. The summed E-state index contributed by atoms with van der Waals surface area (Å²) in [6, 6.07) is 7.96. The number of hydrogen-bond donors (Lipinski definition) is 2. The normalized spacial score (nSPS) is 11.8. The Balaban J connectivity index is 1.89. The van der Waals surface area contributed by atoms with Gasteiger partial charge in [0.05, 0.1) is 6.04 Å². The number of aromatic nitrogens is 3. The molecule has 0 spiro atoms. The van der Waals surface area contributed by atoms with E-state index in [2.05, 4.69) is 20.3 Å². The van der Waals surface area contributed by atoms with Crippen LogP contribution in [-0.2, 0) is 0 Å². The van der Waals surface area contributed by atoms with Gasteiger partial charge < -0.3 is 20.7 Å². The average molecular weight is 288 g/mol. The van der Waals surface area contributed by atoms with Crippen molar-refractivity contribution in [2.24, 2.45) is 0 Å². The van der Waals surface area contributed by atoms with Crippen LogP contribution in [0.2, 0.25) is 0 Å². The molecule has 1 unspecified atom stereocenters. The van der Waals surface area contributed by atoms with E-state index >= 15 is 0 Å². The molecule has 0 bridgehead atoms. The summed E-state index contributed by atoms with van der Waals surface area (Å²) < 4.78 is 5.77. The molecular weight excluding hydrogens is 268 g/mol. The molecule has 2 rings (SSSR count). The van der Waals surface area contributed by atoms with Crippen LogP contribution in [0.5, 0.6) is 5.75 Å². The zero-order chi connectivity index (χ0) is 15.2. The van der Waals surface area contributed by atoms with Gasteiger partial charge in [-0.25, -0.2) is 9.97 Å². The van der Waals surface area contributed by atoms with Gasteiger partial charge in [0.25, 0.3) is 0 Å². The van der Waals surface area contributed by atoms with Crippen molar-refractivity contribution in [2.45, 2.75) is 13.0 Å². The standard InChI is InChI=1S/C14H20N6O/c1-10(18-14-17-9-16-13(15)19-14)8-21-12-6-4-5-11(7-12)20(2)3/h4-7,9-10H,8H2,1-3H3,(H3,15,16,17,18,19). The van der Waals surface area contributed by atoms with Gasteiger partial charge in [-0.2, -0.15) is 4.98 Å². The highest BCUT2D eigenvalue weighted by molar-refractivity contribution is 5.49. The van der Waals surface area contributed by atoms with E-state index in [1.165, 1.54) is 6.33 Å². The Bertz CT molecular complexity index is 589. The quantitative estimate of drug-likeness (QED) is 0.830. The summed E-state index contributed by atoms with van der Waals surface area (Å²) in [5.74, 6) is 1.46. The smallest absolute Gasteiger partial charge is 0.227 e. The first kappa shape index (κ1) is 14.8. The number of anilines is 3. The molecule has 7 nitrogen and oxygen atoms in total. The molecule has 0 saturated heterocycles. The predicted octanol–water partition coefficient (Wildman–Crippen LogP) is 1.40. The number of nitrogens with zero attached hydrogens (tertiary/aromatic N) is 4. The van der Waals surface area contributed by atoms with E-state index in [1.807, 2.05) is 50.2 Å². The van der Waals surface area contributed by atoms with Gasteiger partial charge >= 0.3 is 0 Å². The Morgan fingerprint density at radius 3 is 2.86 bits per heavy atom. The number of nitrogens with two attached hydrogens (primary N) is 1. The van der Waals surface area contributed by atoms with Crippen LogP contribution in [0.4, 0.5) is 17.6 Å². The van der Waals surface area contributed by atoms with Gasteiger partial charge in [-0.3, -0.25) is 0 Å². The molecule has 0 fully saturated rings. The number of nitrogen functional groups attached to an aromatic ring is 1. The summed E-state index contributed by atoms with van der Waals surface area (Å²) in [6.07, 6.45) is 1.37. The maximum Gasteiger partial charge on any atom is 0.227 e. The van der Waals surface area contributed by atoms with Gasteiger partial charge in [0, 0.05) is 25.8 Å². The molecule has 1 aromatic carbocycles. The van der Waals surface area contributed by atoms with Crippen LogP contribution >= 0.6 is 0 Å². The second kappa shape index (κ2) is 6.74. The zero-order valence-corrected chi connectivity index (χ0v) is 12.4. The number of benzene rings is 1. The van der Waals surface area contributed by atoms with Crippen molar-refractivity contribution >= 4 is 17.6 Å². The van der Waals surface area contributed by atoms with Crippen LogP contribution in [0.1, 0.15) is 6.92 Å². The van der Waals surface area contributed by atoms with Crippen molar-refractivity contribution in [1.82, 2.24) is 15.0 Å². The molecule has 1 aromatic heterocycles. The Morgan fingerprint density at radius 1 is 1.33 bits per heavy atom. The second-order valence-electron chi connectivity index (χ2n) is 4.92. The number of ether oxygens (including phenoxy) is 1. The van der Waals surface area contributed by atoms with Gasteiger partial charge in [-0.05, 0) is 19.1 Å². The minimum Gasteiger partial charge on any atom is -0.491 e. The topological polar surface area (TPSA) is 89.2 Å². The Hall–Kier alpha value is -2.57. The van der Waals surface area contributed by atoms with Crippen molar-refractivity contribution in [3.8, 4) is 5.75 Å². The van der Waals surface area contributed by atoms with Gasteiger partial charge in [0.1, 0.15) is 18.7 Å². The first-order valence-electron chi connectivity index (χ1n) is 6.66. The Morgan fingerprint density at radius 2 is 2.14 bits per heavy atom. The molecule has 1 heterocycles. The van der Waals surface area contributed by atoms with Gasteiger partial charge in [-0.15, -0.1) is 0 Å². The summed E-state index contributed by atoms with van der Waals surface area (Å²) in [7, 11) is 3.99. The van der Waals surface area contributed by atoms with E-state index in [4.69, 9.17) is 10.5 Å². The van der Waals surface area contributed by atoms with Gasteiger partial charge in [-0.1, -0.05) is 6.07 Å². The third kappa shape index (κ3) is 4.48. The monoisotopic (exact) mass is 288 g/mol. The van der Waals surface area contributed by atoms with Crippen LogP contribution in [0, 0.1) is 0 Å². The van der Waals surface area contributed by atoms with Crippen molar-refractivity contribution in [1.29, 1.82) is 0 Å². The average Bonchev–Trinajstić information content (AvgIpc) is 2.45. The molecule has 0 aliphatic rings. The van der Waals surface area contributed by atoms with Crippen LogP contribution in [0.25, 0.3) is 0 Å². The fourth-order valence-electron chi connectivity index (χ4n) is 1.71. The summed E-state index contributed by atoms with van der Waals surface area (Å²) in [4.78, 5) is 13.8. The van der Waals surface area contributed by atoms with E-state index < -0.39 is 0 Å². The Labute approximate surface area is 124 Å². The molecule has 0 radical (unpaired) electrons. The third-order valence-electron chi connectivity index (χ3n) is 2.80. The van der Waals surface area contributed by atoms with E-state index in [-0.39, 0.29) is 12.0 Å². The van der Waals surface area contributed by atoms with Crippen molar-refractivity contribution in [3.63, 3.8) is 0 Å². The summed E-state index contributed by atoms with van der Waals surface area (Å²) >= 11 is 0. The lowest BCUT2D eigenvalue weighted by molar-refractivity contribution is 0.303. The SMILES string of the molecule is CC(COc1cccc(N(C)C)c1)Nc1ncnc(N)n1. The molecule has 2 aromatic rings. The third-order valence-corrected chi connectivity index (χ3v) is 2.80. The van der Waals surface area contributed by atoms with Crippen LogP contribution < -0.4 is 20.7 Å². The fourth-order valence-corrected chi connectivity index (χ4v) is 1.71. The lowest BCUT2D eigenvalue weighted by atomic mass is 10.3. The molecule has 0 saturated carbocycles. The van der Waals surface area contributed by atoms with E-state index in [0.29, 0.717) is 12.6 Å². The van der Waals surface area contributed by atoms with E-state index in [1.54, 1.807) is 0 Å². The van der Waals surface area contributed by atoms with Gasteiger partial charge in [0.2, 0.25) is 11.9 Å². The molecule has 0 aliphatic carbocycles. The van der Waals surface area contributed by atoms with Crippen molar-refractivity contribution < 1.29 is 4.74 Å². The minimum atomic E-state index is 0.0369. The molecule has 7 heteroatoms. The maximum atomic E-state index is 5.77. The lowest BCUT2D eigenvalue weighted by Crippen LogP contribution is -2.25. The Kier molecular flexibility index (Phi) is 4.76. The molecule has 21 heavy (non-hydrogen) atoms. The zero-order valence-electron chi connectivity index (χ0n) is 12.4. The summed E-state index contributed by atoms with van der Waals surface area (Å²) in [5, 5.41) is 3.11.